The molecule has 1 aliphatic carbocycles. The van der Waals surface area contributed by atoms with E-state index in [2.05, 4.69) is 74.3 Å². The van der Waals surface area contributed by atoms with Crippen LogP contribution in [0, 0.1) is 18.3 Å². The molecule has 182 valence electrons. The van der Waals surface area contributed by atoms with Crippen LogP contribution in [0.15, 0.2) is 36.4 Å². The molecule has 6 rings (SSSR count). The fourth-order valence-electron chi connectivity index (χ4n) is 6.08. The van der Waals surface area contributed by atoms with Crippen LogP contribution in [0.25, 0.3) is 11.1 Å². The third kappa shape index (κ3) is 4.55. The Morgan fingerprint density at radius 1 is 1.15 bits per heavy atom. The summed E-state index contributed by atoms with van der Waals surface area (Å²) in [7, 11) is 0. The molecule has 2 bridgehead atoms. The van der Waals surface area contributed by atoms with Crippen molar-refractivity contribution in [1.29, 1.82) is 0 Å². The molecular weight excluding hydrogens is 424 g/mol. The van der Waals surface area contributed by atoms with Gasteiger partial charge in [-0.25, -0.2) is 4.79 Å². The number of piperidine rings is 3. The summed E-state index contributed by atoms with van der Waals surface area (Å²) in [5, 5.41) is 3.25. The zero-order valence-corrected chi connectivity index (χ0v) is 21.0. The Labute approximate surface area is 203 Å². The Morgan fingerprint density at radius 2 is 1.88 bits per heavy atom. The van der Waals surface area contributed by atoms with Crippen LogP contribution in [-0.2, 0) is 11.2 Å². The van der Waals surface area contributed by atoms with Crippen molar-refractivity contribution in [2.75, 3.05) is 26.2 Å². The van der Waals surface area contributed by atoms with Crippen LogP contribution in [0.2, 0.25) is 0 Å². The molecule has 4 aliphatic rings. The summed E-state index contributed by atoms with van der Waals surface area (Å²) < 4.78 is 11.7. The number of amides is 1. The van der Waals surface area contributed by atoms with Gasteiger partial charge in [0.25, 0.3) is 0 Å². The first-order valence-corrected chi connectivity index (χ1v) is 12.9. The van der Waals surface area contributed by atoms with E-state index in [1.807, 2.05) is 0 Å². The van der Waals surface area contributed by atoms with Crippen LogP contribution < -0.4 is 10.1 Å². The van der Waals surface area contributed by atoms with Gasteiger partial charge in [0, 0.05) is 6.54 Å². The normalized spacial score (nSPS) is 26.7. The minimum atomic E-state index is -0.269. The summed E-state index contributed by atoms with van der Waals surface area (Å²) in [5.41, 5.74) is 6.12. The molecule has 3 aliphatic heterocycles. The molecular formula is C29H38N2O3. The molecule has 3 heterocycles. The van der Waals surface area contributed by atoms with Gasteiger partial charge in [-0.1, -0.05) is 45.0 Å². The van der Waals surface area contributed by atoms with Crippen molar-refractivity contribution in [2.24, 2.45) is 11.3 Å². The maximum Gasteiger partial charge on any atom is 0.407 e. The molecule has 1 amide bonds. The highest BCUT2D eigenvalue weighted by atomic mass is 16.6. The summed E-state index contributed by atoms with van der Waals surface area (Å²) in [6, 6.07) is 12.9. The molecule has 2 atom stereocenters. The summed E-state index contributed by atoms with van der Waals surface area (Å²) in [6.45, 7) is 12.7. The number of nitrogens with zero attached hydrogens (tertiary/aromatic N) is 1. The van der Waals surface area contributed by atoms with Crippen LogP contribution in [0.5, 0.6) is 5.75 Å². The lowest BCUT2D eigenvalue weighted by atomic mass is 9.85. The van der Waals surface area contributed by atoms with Crippen molar-refractivity contribution in [3.05, 3.63) is 53.1 Å². The number of ether oxygens (including phenoxy) is 2. The lowest BCUT2D eigenvalue weighted by molar-refractivity contribution is -0.0348. The van der Waals surface area contributed by atoms with Crippen molar-refractivity contribution >= 4 is 6.09 Å². The van der Waals surface area contributed by atoms with Gasteiger partial charge in [0.05, 0.1) is 12.6 Å². The molecule has 5 heteroatoms. The van der Waals surface area contributed by atoms with Gasteiger partial charge in [-0.2, -0.15) is 0 Å². The second-order valence-electron chi connectivity index (χ2n) is 11.1. The predicted octanol–water partition coefficient (Wildman–Crippen LogP) is 5.89. The molecule has 0 aromatic heterocycles. The number of nitrogens with one attached hydrogen (secondary N) is 1. The maximum atomic E-state index is 13.0. The molecule has 3 fully saturated rings. The van der Waals surface area contributed by atoms with E-state index in [-0.39, 0.29) is 23.7 Å². The van der Waals surface area contributed by atoms with E-state index in [0.29, 0.717) is 5.92 Å². The average molecular weight is 463 g/mol. The van der Waals surface area contributed by atoms with Gasteiger partial charge in [-0.3, -0.25) is 4.90 Å². The number of benzene rings is 2. The number of hydrogen-bond donors (Lipinski definition) is 1. The third-order valence-corrected chi connectivity index (χ3v) is 7.98. The lowest BCUT2D eigenvalue weighted by Crippen LogP contribution is -2.53. The molecule has 1 N–H and O–H groups in total. The molecule has 2 aromatic carbocycles. The molecule has 0 unspecified atom stereocenters. The number of aryl methyl sites for hydroxylation is 1. The Balaban J connectivity index is 1.32. The summed E-state index contributed by atoms with van der Waals surface area (Å²) >= 11 is 0. The molecule has 34 heavy (non-hydrogen) atoms. The summed E-state index contributed by atoms with van der Waals surface area (Å²) in [4.78, 5) is 15.4. The number of rotatable bonds is 6. The topological polar surface area (TPSA) is 50.8 Å². The first-order valence-electron chi connectivity index (χ1n) is 12.9. The Bertz CT molecular complexity index is 1040. The third-order valence-electron chi connectivity index (χ3n) is 7.98. The van der Waals surface area contributed by atoms with Gasteiger partial charge >= 0.3 is 6.09 Å². The first kappa shape index (κ1) is 23.2. The summed E-state index contributed by atoms with van der Waals surface area (Å²) in [6.07, 6.45) is 3.98. The number of carbonyl (C=O) groups excluding carboxylic acids is 1. The highest BCUT2D eigenvalue weighted by molar-refractivity contribution is 5.72. The molecule has 0 radical (unpaired) electrons. The zero-order chi connectivity index (χ0) is 23.9. The minimum Gasteiger partial charge on any atom is -0.494 e. The molecule has 3 saturated heterocycles. The molecule has 0 spiro atoms. The smallest absolute Gasteiger partial charge is 0.407 e. The van der Waals surface area contributed by atoms with Crippen molar-refractivity contribution in [2.45, 2.75) is 65.5 Å². The van der Waals surface area contributed by atoms with Crippen LogP contribution in [0.1, 0.15) is 62.8 Å². The number of carbonyl (C=O) groups is 1. The second kappa shape index (κ2) is 9.26. The monoisotopic (exact) mass is 462 g/mol. The number of alkyl carbamates (subject to hydrolysis) is 1. The predicted molar refractivity (Wildman–Crippen MR) is 135 cm³/mol. The summed E-state index contributed by atoms with van der Waals surface area (Å²) in [5.74, 6) is 1.43. The number of fused-ring (bicyclic) bond motifs is 4. The van der Waals surface area contributed by atoms with Gasteiger partial charge < -0.3 is 14.8 Å². The number of hydrogen-bond acceptors (Lipinski definition) is 4. The lowest BCUT2D eigenvalue weighted by Gasteiger charge is -2.44. The SMILES string of the molecule is CCCOc1ccc(-c2cc3c(cc2C)[C@H](NC(=O)O[C@H]2CN4CCC2CC4)C(C)(C)C3)cc1. The van der Waals surface area contributed by atoms with Crippen molar-refractivity contribution in [3.63, 3.8) is 0 Å². The van der Waals surface area contributed by atoms with E-state index in [1.54, 1.807) is 0 Å². The zero-order valence-electron chi connectivity index (χ0n) is 21.0. The molecule has 5 nitrogen and oxygen atoms in total. The van der Waals surface area contributed by atoms with Crippen LogP contribution in [0.4, 0.5) is 4.79 Å². The van der Waals surface area contributed by atoms with Crippen LogP contribution in [-0.4, -0.2) is 43.3 Å². The van der Waals surface area contributed by atoms with Gasteiger partial charge in [-0.15, -0.1) is 0 Å². The first-order chi connectivity index (χ1) is 16.3. The Hall–Kier alpha value is -2.53. The average Bonchev–Trinajstić information content (AvgIpc) is 3.07. The largest absolute Gasteiger partial charge is 0.494 e. The Morgan fingerprint density at radius 3 is 2.53 bits per heavy atom. The van der Waals surface area contributed by atoms with Gasteiger partial charge in [-0.05, 0) is 97.0 Å². The standard InChI is InChI=1S/C29H38N2O3/c1-5-14-33-23-8-6-20(7-9-23)24-16-22-17-29(3,4)27(25(22)15-19(24)2)30-28(32)34-26-18-31-12-10-21(26)11-13-31/h6-9,15-16,21,26-27H,5,10-14,17-18H2,1-4H3,(H,30,32)/t26-,27-/m0/s1. The highest BCUT2D eigenvalue weighted by Gasteiger charge is 2.42. The van der Waals surface area contributed by atoms with Crippen LogP contribution in [0.3, 0.4) is 0 Å². The van der Waals surface area contributed by atoms with Crippen molar-refractivity contribution < 1.29 is 14.3 Å². The molecule has 2 aromatic rings. The van der Waals surface area contributed by atoms with Crippen molar-refractivity contribution in [1.82, 2.24) is 10.2 Å². The van der Waals surface area contributed by atoms with E-state index in [4.69, 9.17) is 9.47 Å². The quantitative estimate of drug-likeness (QED) is 0.581. The van der Waals surface area contributed by atoms with E-state index in [0.717, 1.165) is 57.7 Å². The van der Waals surface area contributed by atoms with Gasteiger partial charge in [0.15, 0.2) is 0 Å². The van der Waals surface area contributed by atoms with Crippen LogP contribution >= 0.6 is 0 Å². The van der Waals surface area contributed by atoms with E-state index in [1.165, 1.54) is 27.8 Å². The second-order valence-corrected chi connectivity index (χ2v) is 11.1. The van der Waals surface area contributed by atoms with Gasteiger partial charge in [0.2, 0.25) is 0 Å². The van der Waals surface area contributed by atoms with E-state index >= 15 is 0 Å². The minimum absolute atomic E-state index is 0.0277. The van der Waals surface area contributed by atoms with Crippen molar-refractivity contribution in [3.8, 4) is 16.9 Å². The molecule has 0 saturated carbocycles. The highest BCUT2D eigenvalue weighted by Crippen LogP contribution is 2.47. The Kier molecular flexibility index (Phi) is 6.32. The van der Waals surface area contributed by atoms with Gasteiger partial charge in [0.1, 0.15) is 11.9 Å². The maximum absolute atomic E-state index is 13.0. The van der Waals surface area contributed by atoms with E-state index < -0.39 is 0 Å². The fourth-order valence-corrected chi connectivity index (χ4v) is 6.08. The fraction of sp³-hybridized carbons (Fsp3) is 0.552. The van der Waals surface area contributed by atoms with E-state index in [9.17, 15) is 4.79 Å².